The van der Waals surface area contributed by atoms with Crippen LogP contribution in [-0.2, 0) is 13.0 Å². The van der Waals surface area contributed by atoms with Gasteiger partial charge in [-0.15, -0.1) is 0 Å². The fourth-order valence-corrected chi connectivity index (χ4v) is 2.10. The minimum Gasteiger partial charge on any atom is -0.381 e. The fraction of sp³-hybridized carbons (Fsp3) is 0.188. The van der Waals surface area contributed by atoms with E-state index in [1.54, 1.807) is 0 Å². The van der Waals surface area contributed by atoms with Gasteiger partial charge in [-0.2, -0.15) is 5.26 Å². The van der Waals surface area contributed by atoms with Crippen molar-refractivity contribution >= 4 is 21.6 Å². The van der Waals surface area contributed by atoms with Gasteiger partial charge in [-0.25, -0.2) is 0 Å². The summed E-state index contributed by atoms with van der Waals surface area (Å²) in [4.78, 5) is 0. The van der Waals surface area contributed by atoms with Crippen molar-refractivity contribution in [3.8, 4) is 6.07 Å². The molecule has 1 N–H and O–H groups in total. The molecule has 0 unspecified atom stereocenters. The Morgan fingerprint density at radius 3 is 2.42 bits per heavy atom. The largest absolute Gasteiger partial charge is 0.381 e. The summed E-state index contributed by atoms with van der Waals surface area (Å²) >= 11 is 3.50. The topological polar surface area (TPSA) is 35.8 Å². The van der Waals surface area contributed by atoms with Crippen LogP contribution in [0.2, 0.25) is 0 Å². The Labute approximate surface area is 122 Å². The quantitative estimate of drug-likeness (QED) is 0.905. The fourth-order valence-electron chi connectivity index (χ4n) is 1.85. The lowest BCUT2D eigenvalue weighted by molar-refractivity contribution is 1.13. The summed E-state index contributed by atoms with van der Waals surface area (Å²) in [6.45, 7) is 2.88. The maximum atomic E-state index is 8.62. The molecule has 0 spiro atoms. The maximum absolute atomic E-state index is 8.62. The highest BCUT2D eigenvalue weighted by Gasteiger charge is 1.98. The first-order valence-corrected chi connectivity index (χ1v) is 6.93. The molecule has 0 bridgehead atoms. The summed E-state index contributed by atoms with van der Waals surface area (Å²) < 4.78 is 1.14. The van der Waals surface area contributed by atoms with Crippen LogP contribution >= 0.6 is 15.9 Å². The van der Waals surface area contributed by atoms with Gasteiger partial charge >= 0.3 is 0 Å². The number of nitrogens with one attached hydrogen (secondary N) is 1. The number of halogens is 1. The summed E-state index contributed by atoms with van der Waals surface area (Å²) in [7, 11) is 0. The SMILES string of the molecule is Cc1cc(CNc2ccc(CC#N)cc2)ccc1Br. The van der Waals surface area contributed by atoms with Crippen LogP contribution < -0.4 is 5.32 Å². The second-order valence-electron chi connectivity index (χ2n) is 4.47. The normalized spacial score (nSPS) is 9.95. The second-order valence-corrected chi connectivity index (χ2v) is 5.32. The van der Waals surface area contributed by atoms with Gasteiger partial charge < -0.3 is 5.32 Å². The Morgan fingerprint density at radius 1 is 1.11 bits per heavy atom. The van der Waals surface area contributed by atoms with Crippen molar-refractivity contribution in [3.05, 3.63) is 63.6 Å². The first-order valence-electron chi connectivity index (χ1n) is 6.14. The molecule has 96 valence electrons. The molecule has 19 heavy (non-hydrogen) atoms. The number of hydrogen-bond donors (Lipinski definition) is 1. The third-order valence-electron chi connectivity index (χ3n) is 2.96. The summed E-state index contributed by atoms with van der Waals surface area (Å²) in [6, 6.07) is 16.5. The van der Waals surface area contributed by atoms with Crippen LogP contribution in [0.1, 0.15) is 16.7 Å². The molecule has 3 heteroatoms. The first kappa shape index (κ1) is 13.6. The molecule has 0 saturated carbocycles. The number of rotatable bonds is 4. The van der Waals surface area contributed by atoms with Gasteiger partial charge in [0, 0.05) is 16.7 Å². The highest BCUT2D eigenvalue weighted by atomic mass is 79.9. The number of benzene rings is 2. The van der Waals surface area contributed by atoms with Gasteiger partial charge in [0.25, 0.3) is 0 Å². The summed E-state index contributed by atoms with van der Waals surface area (Å²) in [5.74, 6) is 0. The van der Waals surface area contributed by atoms with E-state index < -0.39 is 0 Å². The summed E-state index contributed by atoms with van der Waals surface area (Å²) in [5, 5.41) is 12.0. The molecule has 0 radical (unpaired) electrons. The van der Waals surface area contributed by atoms with Gasteiger partial charge in [-0.3, -0.25) is 0 Å². The molecule has 0 aliphatic carbocycles. The van der Waals surface area contributed by atoms with Crippen LogP contribution in [0, 0.1) is 18.3 Å². The molecule has 2 aromatic rings. The Morgan fingerprint density at radius 2 is 1.79 bits per heavy atom. The third kappa shape index (κ3) is 3.84. The minimum absolute atomic E-state index is 0.464. The van der Waals surface area contributed by atoms with Gasteiger partial charge in [0.1, 0.15) is 0 Å². The zero-order valence-electron chi connectivity index (χ0n) is 10.8. The number of anilines is 1. The van der Waals surface area contributed by atoms with Crippen LogP contribution in [0.5, 0.6) is 0 Å². The average molecular weight is 315 g/mol. The van der Waals surface area contributed by atoms with Crippen molar-refractivity contribution in [2.24, 2.45) is 0 Å². The van der Waals surface area contributed by atoms with E-state index in [0.29, 0.717) is 6.42 Å². The number of hydrogen-bond acceptors (Lipinski definition) is 2. The molecule has 0 aliphatic rings. The zero-order chi connectivity index (χ0) is 13.7. The summed E-state index contributed by atoms with van der Waals surface area (Å²) in [6.07, 6.45) is 0.464. The van der Waals surface area contributed by atoms with E-state index in [1.165, 1.54) is 11.1 Å². The lowest BCUT2D eigenvalue weighted by atomic mass is 10.1. The van der Waals surface area contributed by atoms with Crippen LogP contribution in [-0.4, -0.2) is 0 Å². The minimum atomic E-state index is 0.464. The predicted molar refractivity (Wildman–Crippen MR) is 82.0 cm³/mol. The molecule has 0 saturated heterocycles. The standard InChI is InChI=1S/C16H15BrN2/c1-12-10-14(4-7-16(12)17)11-19-15-5-2-13(3-6-15)8-9-18/h2-7,10,19H,8,11H2,1H3. The van der Waals surface area contributed by atoms with Crippen LogP contribution in [0.25, 0.3) is 0 Å². The van der Waals surface area contributed by atoms with Crippen LogP contribution in [0.3, 0.4) is 0 Å². The van der Waals surface area contributed by atoms with Crippen molar-refractivity contribution in [1.82, 2.24) is 0 Å². The number of aryl methyl sites for hydroxylation is 1. The average Bonchev–Trinajstić information content (AvgIpc) is 2.42. The van der Waals surface area contributed by atoms with Crippen molar-refractivity contribution in [2.75, 3.05) is 5.32 Å². The molecule has 2 nitrogen and oxygen atoms in total. The van der Waals surface area contributed by atoms with Gasteiger partial charge in [0.15, 0.2) is 0 Å². The Kier molecular flexibility index (Phi) is 4.59. The van der Waals surface area contributed by atoms with E-state index >= 15 is 0 Å². The number of nitrogens with zero attached hydrogens (tertiary/aromatic N) is 1. The van der Waals surface area contributed by atoms with Crippen molar-refractivity contribution < 1.29 is 0 Å². The maximum Gasteiger partial charge on any atom is 0.0669 e. The molecule has 0 amide bonds. The monoisotopic (exact) mass is 314 g/mol. The van der Waals surface area contributed by atoms with Crippen molar-refractivity contribution in [2.45, 2.75) is 19.9 Å². The highest BCUT2D eigenvalue weighted by Crippen LogP contribution is 2.18. The lowest BCUT2D eigenvalue weighted by Crippen LogP contribution is -1.99. The van der Waals surface area contributed by atoms with E-state index in [-0.39, 0.29) is 0 Å². The number of nitriles is 1. The molecule has 0 atom stereocenters. The van der Waals surface area contributed by atoms with E-state index in [1.807, 2.05) is 24.3 Å². The molecule has 2 aromatic carbocycles. The molecule has 0 heterocycles. The molecule has 0 fully saturated rings. The Bertz CT molecular complexity index is 597. The van der Waals surface area contributed by atoms with Gasteiger partial charge in [0.05, 0.1) is 12.5 Å². The molecular weight excluding hydrogens is 300 g/mol. The Hall–Kier alpha value is -1.79. The summed E-state index contributed by atoms with van der Waals surface area (Å²) in [5.41, 5.74) is 4.61. The van der Waals surface area contributed by atoms with Gasteiger partial charge in [0.2, 0.25) is 0 Å². The van der Waals surface area contributed by atoms with Crippen LogP contribution in [0.4, 0.5) is 5.69 Å². The smallest absolute Gasteiger partial charge is 0.0669 e. The molecule has 0 aliphatic heterocycles. The van der Waals surface area contributed by atoms with E-state index in [2.05, 4.69) is 52.4 Å². The second kappa shape index (κ2) is 6.40. The molecular formula is C16H15BrN2. The Balaban J connectivity index is 1.98. The molecule has 0 aromatic heterocycles. The highest BCUT2D eigenvalue weighted by molar-refractivity contribution is 9.10. The lowest BCUT2D eigenvalue weighted by Gasteiger charge is -2.08. The van der Waals surface area contributed by atoms with E-state index in [4.69, 9.17) is 5.26 Å². The third-order valence-corrected chi connectivity index (χ3v) is 3.85. The van der Waals surface area contributed by atoms with Crippen LogP contribution in [0.15, 0.2) is 46.9 Å². The van der Waals surface area contributed by atoms with Crippen molar-refractivity contribution in [3.63, 3.8) is 0 Å². The van der Waals surface area contributed by atoms with Gasteiger partial charge in [-0.1, -0.05) is 40.2 Å². The zero-order valence-corrected chi connectivity index (χ0v) is 12.4. The van der Waals surface area contributed by atoms with E-state index in [9.17, 15) is 0 Å². The van der Waals surface area contributed by atoms with Gasteiger partial charge in [-0.05, 0) is 41.8 Å². The predicted octanol–water partition coefficient (Wildman–Crippen LogP) is 4.44. The molecule has 2 rings (SSSR count). The van der Waals surface area contributed by atoms with Crippen molar-refractivity contribution in [1.29, 1.82) is 5.26 Å². The first-order chi connectivity index (χ1) is 9.19. The van der Waals surface area contributed by atoms with E-state index in [0.717, 1.165) is 22.3 Å².